The SMILES string of the molecule is CC(C)CC(CN)NC(=O)C1CCCN(Cc2cccc(F)c2)C1.Cl.Cl. The van der Waals surface area contributed by atoms with Crippen molar-refractivity contribution in [2.24, 2.45) is 17.6 Å². The Hall–Kier alpha value is -0.880. The number of nitrogens with one attached hydrogen (secondary N) is 1. The second-order valence-corrected chi connectivity index (χ2v) is 7.27. The average Bonchev–Trinajstić information content (AvgIpc) is 2.54. The maximum Gasteiger partial charge on any atom is 0.224 e. The quantitative estimate of drug-likeness (QED) is 0.728. The van der Waals surface area contributed by atoms with Gasteiger partial charge in [-0.05, 0) is 49.4 Å². The van der Waals surface area contributed by atoms with Crippen LogP contribution in [-0.2, 0) is 11.3 Å². The molecule has 3 N–H and O–H groups in total. The van der Waals surface area contributed by atoms with Crippen LogP contribution in [0, 0.1) is 17.7 Å². The van der Waals surface area contributed by atoms with Crippen molar-refractivity contribution in [3.8, 4) is 0 Å². The summed E-state index contributed by atoms with van der Waals surface area (Å²) in [5.74, 6) is 0.400. The fourth-order valence-electron chi connectivity index (χ4n) is 3.41. The molecule has 0 saturated carbocycles. The normalized spacial score (nSPS) is 18.6. The highest BCUT2D eigenvalue weighted by Crippen LogP contribution is 2.19. The number of halogens is 3. The minimum atomic E-state index is -0.210. The summed E-state index contributed by atoms with van der Waals surface area (Å²) in [5, 5.41) is 3.11. The van der Waals surface area contributed by atoms with Crippen molar-refractivity contribution in [3.63, 3.8) is 0 Å². The van der Waals surface area contributed by atoms with Crippen LogP contribution in [0.2, 0.25) is 0 Å². The van der Waals surface area contributed by atoms with Crippen molar-refractivity contribution < 1.29 is 9.18 Å². The third kappa shape index (κ3) is 8.21. The molecule has 2 atom stereocenters. The Bertz CT molecular complexity index is 545. The molecule has 26 heavy (non-hydrogen) atoms. The lowest BCUT2D eigenvalue weighted by Crippen LogP contribution is -2.48. The van der Waals surface area contributed by atoms with Crippen molar-refractivity contribution in [2.45, 2.75) is 45.7 Å². The van der Waals surface area contributed by atoms with Crippen LogP contribution < -0.4 is 11.1 Å². The molecule has 1 saturated heterocycles. The van der Waals surface area contributed by atoms with Crippen LogP contribution in [0.15, 0.2) is 24.3 Å². The van der Waals surface area contributed by atoms with Gasteiger partial charge in [0.05, 0.1) is 5.92 Å². The number of rotatable bonds is 7. The molecule has 0 spiro atoms. The summed E-state index contributed by atoms with van der Waals surface area (Å²) >= 11 is 0. The lowest BCUT2D eigenvalue weighted by Gasteiger charge is -2.33. The molecule has 1 aliphatic heterocycles. The van der Waals surface area contributed by atoms with E-state index >= 15 is 0 Å². The van der Waals surface area contributed by atoms with Gasteiger partial charge in [-0.25, -0.2) is 4.39 Å². The summed E-state index contributed by atoms with van der Waals surface area (Å²) in [6.45, 7) is 7.11. The number of amides is 1. The maximum atomic E-state index is 13.3. The van der Waals surface area contributed by atoms with E-state index in [9.17, 15) is 9.18 Å². The number of benzene rings is 1. The van der Waals surface area contributed by atoms with Gasteiger partial charge >= 0.3 is 0 Å². The zero-order valence-corrected chi connectivity index (χ0v) is 17.3. The Morgan fingerprint density at radius 3 is 2.73 bits per heavy atom. The van der Waals surface area contributed by atoms with Crippen molar-refractivity contribution in [3.05, 3.63) is 35.6 Å². The van der Waals surface area contributed by atoms with E-state index in [1.54, 1.807) is 12.1 Å². The monoisotopic (exact) mass is 407 g/mol. The van der Waals surface area contributed by atoms with E-state index in [0.29, 0.717) is 19.0 Å². The van der Waals surface area contributed by atoms with Crippen LogP contribution >= 0.6 is 24.8 Å². The number of carbonyl (C=O) groups excluding carboxylic acids is 1. The summed E-state index contributed by atoms with van der Waals surface area (Å²) in [6.07, 6.45) is 2.80. The Balaban J connectivity index is 0.00000312. The maximum absolute atomic E-state index is 13.3. The number of nitrogens with two attached hydrogens (primary N) is 1. The Labute approximate surface area is 168 Å². The van der Waals surface area contributed by atoms with E-state index in [-0.39, 0.29) is 48.5 Å². The molecule has 2 unspecified atom stereocenters. The van der Waals surface area contributed by atoms with Gasteiger partial charge < -0.3 is 11.1 Å². The van der Waals surface area contributed by atoms with Gasteiger partial charge in [-0.15, -0.1) is 24.8 Å². The van der Waals surface area contributed by atoms with Gasteiger partial charge in [0.25, 0.3) is 0 Å². The molecule has 1 aromatic carbocycles. The highest BCUT2D eigenvalue weighted by atomic mass is 35.5. The molecule has 1 aromatic rings. The molecule has 0 aromatic heterocycles. The summed E-state index contributed by atoms with van der Waals surface area (Å²) in [4.78, 5) is 14.8. The Kier molecular flexibility index (Phi) is 12.1. The smallest absolute Gasteiger partial charge is 0.224 e. The predicted octanol–water partition coefficient (Wildman–Crippen LogP) is 3.37. The topological polar surface area (TPSA) is 58.4 Å². The fourth-order valence-corrected chi connectivity index (χ4v) is 3.41. The zero-order valence-electron chi connectivity index (χ0n) is 15.6. The summed E-state index contributed by atoms with van der Waals surface area (Å²) in [7, 11) is 0. The first-order chi connectivity index (χ1) is 11.5. The molecule has 0 bridgehead atoms. The highest BCUT2D eigenvalue weighted by molar-refractivity contribution is 5.85. The van der Waals surface area contributed by atoms with Crippen molar-refractivity contribution in [2.75, 3.05) is 19.6 Å². The predicted molar refractivity (Wildman–Crippen MR) is 109 cm³/mol. The molecule has 1 fully saturated rings. The van der Waals surface area contributed by atoms with Crippen LogP contribution in [0.4, 0.5) is 4.39 Å². The molecule has 1 heterocycles. The van der Waals surface area contributed by atoms with Gasteiger partial charge in [0.2, 0.25) is 5.91 Å². The van der Waals surface area contributed by atoms with Gasteiger partial charge in [-0.1, -0.05) is 26.0 Å². The lowest BCUT2D eigenvalue weighted by atomic mass is 9.95. The molecular formula is C19H32Cl2FN3O. The molecular weight excluding hydrogens is 376 g/mol. The molecule has 0 radical (unpaired) electrons. The van der Waals surface area contributed by atoms with Crippen molar-refractivity contribution in [1.82, 2.24) is 10.2 Å². The summed E-state index contributed by atoms with van der Waals surface area (Å²) in [6, 6.07) is 6.74. The fraction of sp³-hybridized carbons (Fsp3) is 0.632. The Morgan fingerprint density at radius 1 is 1.38 bits per heavy atom. The van der Waals surface area contributed by atoms with Gasteiger partial charge in [0.1, 0.15) is 5.82 Å². The van der Waals surface area contributed by atoms with Crippen molar-refractivity contribution in [1.29, 1.82) is 0 Å². The van der Waals surface area contributed by atoms with Crippen LogP contribution in [0.1, 0.15) is 38.7 Å². The lowest BCUT2D eigenvalue weighted by molar-refractivity contribution is -0.127. The highest BCUT2D eigenvalue weighted by Gasteiger charge is 2.27. The number of likely N-dealkylation sites (tertiary alicyclic amines) is 1. The first kappa shape index (κ1) is 25.1. The minimum Gasteiger partial charge on any atom is -0.352 e. The first-order valence-electron chi connectivity index (χ1n) is 8.95. The Morgan fingerprint density at radius 2 is 2.12 bits per heavy atom. The third-order valence-electron chi connectivity index (χ3n) is 4.56. The third-order valence-corrected chi connectivity index (χ3v) is 4.56. The molecule has 7 heteroatoms. The summed E-state index contributed by atoms with van der Waals surface area (Å²) < 4.78 is 13.3. The molecule has 2 rings (SSSR count). The number of hydrogen-bond donors (Lipinski definition) is 2. The minimum absolute atomic E-state index is 0. The van der Waals surface area contributed by atoms with Crippen LogP contribution in [0.25, 0.3) is 0 Å². The van der Waals surface area contributed by atoms with E-state index in [4.69, 9.17) is 5.73 Å². The number of nitrogens with zero attached hydrogens (tertiary/aromatic N) is 1. The first-order valence-corrected chi connectivity index (χ1v) is 8.95. The van der Waals surface area contributed by atoms with Gasteiger partial charge in [-0.3, -0.25) is 9.69 Å². The van der Waals surface area contributed by atoms with Gasteiger partial charge in [0.15, 0.2) is 0 Å². The second-order valence-electron chi connectivity index (χ2n) is 7.27. The van der Waals surface area contributed by atoms with Crippen molar-refractivity contribution >= 4 is 30.7 Å². The number of carbonyl (C=O) groups is 1. The molecule has 0 aliphatic carbocycles. The van der Waals surface area contributed by atoms with E-state index in [1.807, 2.05) is 6.07 Å². The van der Waals surface area contributed by atoms with E-state index in [0.717, 1.165) is 37.9 Å². The van der Waals surface area contributed by atoms with Gasteiger partial charge in [-0.2, -0.15) is 0 Å². The van der Waals surface area contributed by atoms with E-state index in [2.05, 4.69) is 24.1 Å². The molecule has 4 nitrogen and oxygen atoms in total. The van der Waals surface area contributed by atoms with E-state index in [1.165, 1.54) is 6.07 Å². The number of hydrogen-bond acceptors (Lipinski definition) is 3. The van der Waals surface area contributed by atoms with Crippen LogP contribution in [0.5, 0.6) is 0 Å². The van der Waals surface area contributed by atoms with E-state index < -0.39 is 0 Å². The standard InChI is InChI=1S/C19H30FN3O.2ClH/c1-14(2)9-18(11-21)22-19(24)16-6-4-8-23(13-16)12-15-5-3-7-17(20)10-15;;/h3,5,7,10,14,16,18H,4,6,8-9,11-13,21H2,1-2H3,(H,22,24);2*1H. The average molecular weight is 408 g/mol. The molecule has 1 aliphatic rings. The van der Waals surface area contributed by atoms with Gasteiger partial charge in [0, 0.05) is 25.7 Å². The summed E-state index contributed by atoms with van der Waals surface area (Å²) in [5.41, 5.74) is 6.74. The molecule has 1 amide bonds. The second kappa shape index (κ2) is 12.5. The molecule has 150 valence electrons. The largest absolute Gasteiger partial charge is 0.352 e. The van der Waals surface area contributed by atoms with Crippen LogP contribution in [0.3, 0.4) is 0 Å². The zero-order chi connectivity index (χ0) is 17.5. The number of piperidine rings is 1. The van der Waals surface area contributed by atoms with Crippen LogP contribution in [-0.4, -0.2) is 36.5 Å².